The van der Waals surface area contributed by atoms with Crippen LogP contribution in [0.5, 0.6) is 0 Å². The van der Waals surface area contributed by atoms with Crippen LogP contribution in [0.1, 0.15) is 33.6 Å². The molecule has 24 heavy (non-hydrogen) atoms. The van der Waals surface area contributed by atoms with Gasteiger partial charge in [0.05, 0.1) is 0 Å². The van der Waals surface area contributed by atoms with E-state index >= 15 is 0 Å². The molecule has 0 spiro atoms. The Balaban J connectivity index is 1.85. The van der Waals surface area contributed by atoms with Crippen LogP contribution in [0.3, 0.4) is 0 Å². The molecule has 0 bridgehead atoms. The van der Waals surface area contributed by atoms with Crippen molar-refractivity contribution in [3.8, 4) is 0 Å². The van der Waals surface area contributed by atoms with Crippen LogP contribution in [-0.2, 0) is 0 Å². The lowest BCUT2D eigenvalue weighted by molar-refractivity contribution is 0.553. The Morgan fingerprint density at radius 1 is 1.04 bits per heavy atom. The van der Waals surface area contributed by atoms with Crippen molar-refractivity contribution in [3.05, 3.63) is 5.28 Å². The van der Waals surface area contributed by atoms with Gasteiger partial charge in [0.2, 0.25) is 17.2 Å². The molecular formula is C16H26ClN5S2. The fraction of sp³-hybridized carbons (Fsp3) is 0.812. The van der Waals surface area contributed by atoms with E-state index in [1.54, 1.807) is 0 Å². The molecule has 1 aromatic heterocycles. The Kier molecular flexibility index (Phi) is 6.38. The van der Waals surface area contributed by atoms with Gasteiger partial charge in [-0.3, -0.25) is 0 Å². The van der Waals surface area contributed by atoms with E-state index in [0.717, 1.165) is 49.5 Å². The second-order valence-corrected chi connectivity index (χ2v) is 9.53. The molecule has 3 rings (SSSR count). The zero-order chi connectivity index (χ0) is 17.1. The smallest absolute Gasteiger partial charge is 0.231 e. The number of anilines is 2. The van der Waals surface area contributed by atoms with Crippen molar-refractivity contribution < 1.29 is 0 Å². The first-order valence-corrected chi connectivity index (χ1v) is 11.3. The van der Waals surface area contributed by atoms with Gasteiger partial charge in [-0.25, -0.2) is 0 Å². The first-order valence-electron chi connectivity index (χ1n) is 8.78. The van der Waals surface area contributed by atoms with Crippen molar-refractivity contribution in [2.45, 2.75) is 50.2 Å². The van der Waals surface area contributed by atoms with Gasteiger partial charge in [-0.05, 0) is 24.4 Å². The molecule has 0 saturated carbocycles. The molecule has 0 aliphatic carbocycles. The summed E-state index contributed by atoms with van der Waals surface area (Å²) in [6.07, 6.45) is 2.26. The molecule has 0 N–H and O–H groups in total. The number of aromatic nitrogens is 3. The zero-order valence-corrected chi connectivity index (χ0v) is 17.0. The molecule has 3 unspecified atom stereocenters. The molecule has 8 heteroatoms. The molecule has 3 heterocycles. The Morgan fingerprint density at radius 3 is 2.54 bits per heavy atom. The lowest BCUT2D eigenvalue weighted by Gasteiger charge is -2.39. The Hall–Kier alpha value is -0.400. The molecular weight excluding hydrogens is 362 g/mol. The van der Waals surface area contributed by atoms with Gasteiger partial charge in [0, 0.05) is 47.7 Å². The fourth-order valence-corrected chi connectivity index (χ4v) is 5.98. The monoisotopic (exact) mass is 387 g/mol. The van der Waals surface area contributed by atoms with E-state index in [1.165, 1.54) is 6.42 Å². The topological polar surface area (TPSA) is 45.2 Å². The summed E-state index contributed by atoms with van der Waals surface area (Å²) in [5, 5.41) is 1.54. The Labute approximate surface area is 158 Å². The number of rotatable bonds is 4. The van der Waals surface area contributed by atoms with Crippen LogP contribution < -0.4 is 9.80 Å². The van der Waals surface area contributed by atoms with Crippen molar-refractivity contribution in [2.24, 2.45) is 0 Å². The van der Waals surface area contributed by atoms with Crippen LogP contribution in [0.15, 0.2) is 0 Å². The molecule has 2 aliphatic heterocycles. The van der Waals surface area contributed by atoms with Crippen LogP contribution in [0.4, 0.5) is 11.9 Å². The van der Waals surface area contributed by atoms with Gasteiger partial charge in [0.25, 0.3) is 0 Å². The summed E-state index contributed by atoms with van der Waals surface area (Å²) in [6.45, 7) is 9.71. The van der Waals surface area contributed by atoms with Crippen LogP contribution in [-0.4, -0.2) is 62.6 Å². The predicted molar refractivity (Wildman–Crippen MR) is 107 cm³/mol. The van der Waals surface area contributed by atoms with Gasteiger partial charge in [-0.15, -0.1) is 0 Å². The molecule has 1 aromatic rings. The standard InChI is InChI=1S/C16H26ClN5S2/c1-4-12-10-21(6-8-24-12)15-18-14(17)19-16(20-15)22-7-9-23-11(3)13(22)5-2/h11-13H,4-10H2,1-3H3. The van der Waals surface area contributed by atoms with Crippen molar-refractivity contribution in [1.82, 2.24) is 15.0 Å². The summed E-state index contributed by atoms with van der Waals surface area (Å²) in [5.41, 5.74) is 0. The van der Waals surface area contributed by atoms with Gasteiger partial charge in [-0.1, -0.05) is 20.8 Å². The first kappa shape index (κ1) is 18.4. The maximum Gasteiger partial charge on any atom is 0.231 e. The van der Waals surface area contributed by atoms with E-state index in [0.29, 0.717) is 21.8 Å². The third-order valence-corrected chi connectivity index (χ3v) is 7.59. The number of halogens is 1. The van der Waals surface area contributed by atoms with Crippen molar-refractivity contribution >= 4 is 47.0 Å². The minimum absolute atomic E-state index is 0.307. The van der Waals surface area contributed by atoms with E-state index in [4.69, 9.17) is 16.6 Å². The molecule has 0 radical (unpaired) electrons. The van der Waals surface area contributed by atoms with E-state index in [2.05, 4.69) is 40.5 Å². The van der Waals surface area contributed by atoms with Crippen molar-refractivity contribution in [3.63, 3.8) is 0 Å². The third kappa shape index (κ3) is 4.05. The van der Waals surface area contributed by atoms with E-state index in [-0.39, 0.29) is 0 Å². The van der Waals surface area contributed by atoms with Gasteiger partial charge in [0.1, 0.15) is 0 Å². The molecule has 5 nitrogen and oxygen atoms in total. The number of nitrogens with zero attached hydrogens (tertiary/aromatic N) is 5. The Bertz CT molecular complexity index is 561. The van der Waals surface area contributed by atoms with Crippen LogP contribution in [0.25, 0.3) is 0 Å². The van der Waals surface area contributed by atoms with E-state index in [9.17, 15) is 0 Å². The van der Waals surface area contributed by atoms with Gasteiger partial charge in [0.15, 0.2) is 0 Å². The SMILES string of the molecule is CCC1CN(c2nc(Cl)nc(N3CCSC(C)C3CC)n2)CCS1. The van der Waals surface area contributed by atoms with E-state index < -0.39 is 0 Å². The Morgan fingerprint density at radius 2 is 1.79 bits per heavy atom. The summed E-state index contributed by atoms with van der Waals surface area (Å²) >= 11 is 10.3. The van der Waals surface area contributed by atoms with Gasteiger partial charge in [-0.2, -0.15) is 38.5 Å². The average Bonchev–Trinajstić information content (AvgIpc) is 2.61. The quantitative estimate of drug-likeness (QED) is 0.782. The summed E-state index contributed by atoms with van der Waals surface area (Å²) in [6, 6.07) is 0.454. The summed E-state index contributed by atoms with van der Waals surface area (Å²) in [4.78, 5) is 18.3. The van der Waals surface area contributed by atoms with E-state index in [1.807, 2.05) is 23.5 Å². The lowest BCUT2D eigenvalue weighted by Crippen LogP contribution is -2.47. The van der Waals surface area contributed by atoms with Crippen molar-refractivity contribution in [2.75, 3.05) is 40.9 Å². The summed E-state index contributed by atoms with van der Waals surface area (Å²) in [7, 11) is 0. The highest BCUT2D eigenvalue weighted by Gasteiger charge is 2.31. The normalized spacial score (nSPS) is 28.2. The number of hydrogen-bond donors (Lipinski definition) is 0. The minimum Gasteiger partial charge on any atom is -0.339 e. The van der Waals surface area contributed by atoms with Gasteiger partial charge < -0.3 is 9.80 Å². The molecule has 2 saturated heterocycles. The molecule has 2 aliphatic rings. The highest BCUT2D eigenvalue weighted by Crippen LogP contribution is 2.31. The highest BCUT2D eigenvalue weighted by atomic mass is 35.5. The summed E-state index contributed by atoms with van der Waals surface area (Å²) < 4.78 is 0. The van der Waals surface area contributed by atoms with Crippen LogP contribution >= 0.6 is 35.1 Å². The summed E-state index contributed by atoms with van der Waals surface area (Å²) in [5.74, 6) is 3.71. The van der Waals surface area contributed by atoms with Crippen LogP contribution in [0, 0.1) is 0 Å². The molecule has 2 fully saturated rings. The van der Waals surface area contributed by atoms with Crippen LogP contribution in [0.2, 0.25) is 5.28 Å². The fourth-order valence-electron chi connectivity index (χ4n) is 3.42. The lowest BCUT2D eigenvalue weighted by atomic mass is 10.1. The minimum atomic E-state index is 0.307. The first-order chi connectivity index (χ1) is 11.6. The molecule has 134 valence electrons. The molecule has 0 amide bonds. The number of hydrogen-bond acceptors (Lipinski definition) is 7. The second-order valence-electron chi connectivity index (χ2n) is 6.30. The average molecular weight is 388 g/mol. The predicted octanol–water partition coefficient (Wildman–Crippen LogP) is 3.58. The maximum absolute atomic E-state index is 6.26. The third-order valence-electron chi connectivity index (χ3n) is 4.79. The van der Waals surface area contributed by atoms with Crippen molar-refractivity contribution in [1.29, 1.82) is 0 Å². The maximum atomic E-state index is 6.26. The van der Waals surface area contributed by atoms with Gasteiger partial charge >= 0.3 is 0 Å². The highest BCUT2D eigenvalue weighted by molar-refractivity contribution is 8.00. The number of thioether (sulfide) groups is 2. The molecule has 3 atom stereocenters. The largest absolute Gasteiger partial charge is 0.339 e. The second kappa shape index (κ2) is 8.32. The zero-order valence-electron chi connectivity index (χ0n) is 14.6. The molecule has 0 aromatic carbocycles.